The highest BCUT2D eigenvalue weighted by molar-refractivity contribution is 5.67. The van der Waals surface area contributed by atoms with Gasteiger partial charge < -0.3 is 9.73 Å². The topological polar surface area (TPSA) is 60.1 Å². The van der Waals surface area contributed by atoms with E-state index >= 15 is 0 Å². The lowest BCUT2D eigenvalue weighted by molar-refractivity contribution is -0.138. The summed E-state index contributed by atoms with van der Waals surface area (Å²) in [6, 6.07) is 9.10. The van der Waals surface area contributed by atoms with E-state index < -0.39 is 17.5 Å². The number of oxazole rings is 1. The van der Waals surface area contributed by atoms with E-state index in [1.165, 1.54) is 10.6 Å². The molecule has 3 aromatic rings. The van der Waals surface area contributed by atoms with Crippen LogP contribution in [0.4, 0.5) is 13.2 Å². The van der Waals surface area contributed by atoms with Crippen LogP contribution in [-0.4, -0.2) is 22.1 Å². The number of hydrogen-bond donors (Lipinski definition) is 1. The first-order valence-electron chi connectivity index (χ1n) is 9.29. The first-order valence-corrected chi connectivity index (χ1v) is 9.29. The molecule has 2 atom stereocenters. The smallest absolute Gasteiger partial charge is 0.406 e. The van der Waals surface area contributed by atoms with Gasteiger partial charge in [-0.1, -0.05) is 24.6 Å². The van der Waals surface area contributed by atoms with E-state index in [9.17, 15) is 18.0 Å². The van der Waals surface area contributed by atoms with Gasteiger partial charge in [0.15, 0.2) is 11.2 Å². The van der Waals surface area contributed by atoms with Crippen LogP contribution in [0.5, 0.6) is 0 Å². The minimum atomic E-state index is -4.36. The maximum absolute atomic E-state index is 13.4. The number of rotatable bonds is 5. The molecule has 148 valence electrons. The Hall–Kier alpha value is -2.61. The van der Waals surface area contributed by atoms with Crippen LogP contribution in [0.1, 0.15) is 36.3 Å². The van der Waals surface area contributed by atoms with Crippen molar-refractivity contribution in [1.82, 2.24) is 14.9 Å². The normalized spacial score (nSPS) is 20.1. The van der Waals surface area contributed by atoms with Gasteiger partial charge in [-0.3, -0.25) is 4.57 Å². The van der Waals surface area contributed by atoms with Gasteiger partial charge in [0.25, 0.3) is 0 Å². The molecular formula is C20H20F3N3O2. The molecule has 2 heterocycles. The quantitative estimate of drug-likeness (QED) is 0.716. The van der Waals surface area contributed by atoms with Gasteiger partial charge in [0, 0.05) is 25.3 Å². The van der Waals surface area contributed by atoms with Crippen LogP contribution in [0.2, 0.25) is 0 Å². The van der Waals surface area contributed by atoms with E-state index in [4.69, 9.17) is 4.42 Å². The predicted molar refractivity (Wildman–Crippen MR) is 98.1 cm³/mol. The van der Waals surface area contributed by atoms with Crippen LogP contribution in [0.25, 0.3) is 11.2 Å². The Morgan fingerprint density at radius 1 is 1.18 bits per heavy atom. The molecule has 5 nitrogen and oxygen atoms in total. The zero-order valence-electron chi connectivity index (χ0n) is 15.1. The molecule has 1 saturated carbocycles. The van der Waals surface area contributed by atoms with Crippen molar-refractivity contribution >= 4 is 11.2 Å². The third-order valence-corrected chi connectivity index (χ3v) is 5.35. The third-order valence-electron chi connectivity index (χ3n) is 5.35. The Labute approximate surface area is 159 Å². The second kappa shape index (κ2) is 7.43. The second-order valence-electron chi connectivity index (χ2n) is 7.03. The average Bonchev–Trinajstić information content (AvgIpc) is 3.25. The summed E-state index contributed by atoms with van der Waals surface area (Å²) in [4.78, 5) is 16.2. The molecule has 1 aliphatic carbocycles. The Kier molecular flexibility index (Phi) is 4.97. The molecule has 4 rings (SSSR count). The van der Waals surface area contributed by atoms with E-state index in [2.05, 4.69) is 10.3 Å². The summed E-state index contributed by atoms with van der Waals surface area (Å²) < 4.78 is 46.7. The molecule has 8 heteroatoms. The van der Waals surface area contributed by atoms with Gasteiger partial charge in [0.05, 0.1) is 5.56 Å². The molecule has 2 aromatic heterocycles. The Morgan fingerprint density at radius 2 is 2.00 bits per heavy atom. The van der Waals surface area contributed by atoms with E-state index in [1.807, 2.05) is 0 Å². The minimum Gasteiger partial charge on any atom is -0.406 e. The lowest BCUT2D eigenvalue weighted by Gasteiger charge is -2.24. The zero-order chi connectivity index (χ0) is 19.7. The Balaban J connectivity index is 1.48. The van der Waals surface area contributed by atoms with Crippen LogP contribution in [-0.2, 0) is 12.7 Å². The van der Waals surface area contributed by atoms with Crippen LogP contribution in [0, 0.1) is 0 Å². The molecule has 0 amide bonds. The van der Waals surface area contributed by atoms with Crippen LogP contribution in [0.3, 0.4) is 0 Å². The number of alkyl halides is 3. The Bertz CT molecular complexity index is 1030. The fourth-order valence-electron chi connectivity index (χ4n) is 4.11. The van der Waals surface area contributed by atoms with Gasteiger partial charge >= 0.3 is 11.9 Å². The second-order valence-corrected chi connectivity index (χ2v) is 7.03. The predicted octanol–water partition coefficient (Wildman–Crippen LogP) is 3.93. The van der Waals surface area contributed by atoms with Crippen molar-refractivity contribution in [1.29, 1.82) is 0 Å². The standard InChI is InChI=1S/C20H20F3N3O2/c21-20(22,23)15-7-2-1-5-13(15)14-6-3-8-16(14)24-11-12-26-18-17(28-19(26)27)9-4-10-25-18/h1-2,4-5,7,9-10,14,16,24H,3,6,8,11-12H2/t14-,16+/m0/s1. The van der Waals surface area contributed by atoms with Crippen LogP contribution in [0.15, 0.2) is 51.8 Å². The fourth-order valence-corrected chi connectivity index (χ4v) is 4.11. The Morgan fingerprint density at radius 3 is 2.82 bits per heavy atom. The molecule has 0 radical (unpaired) electrons. The maximum atomic E-state index is 13.4. The molecule has 0 saturated heterocycles. The summed E-state index contributed by atoms with van der Waals surface area (Å²) in [5.74, 6) is -0.686. The third kappa shape index (κ3) is 3.56. The van der Waals surface area contributed by atoms with E-state index in [1.54, 1.807) is 30.5 Å². The highest BCUT2D eigenvalue weighted by Gasteiger charge is 2.38. The molecule has 1 fully saturated rings. The summed E-state index contributed by atoms with van der Waals surface area (Å²) in [7, 11) is 0. The van der Waals surface area contributed by atoms with Crippen molar-refractivity contribution in [3.8, 4) is 0 Å². The molecule has 1 aliphatic rings. The summed E-state index contributed by atoms with van der Waals surface area (Å²) in [6.45, 7) is 0.785. The number of benzene rings is 1. The van der Waals surface area contributed by atoms with Gasteiger partial charge in [-0.05, 0) is 42.5 Å². The number of halogens is 3. The average molecular weight is 391 g/mol. The van der Waals surface area contributed by atoms with Crippen LogP contribution < -0.4 is 11.1 Å². The number of fused-ring (bicyclic) bond motifs is 1. The number of nitrogens with one attached hydrogen (secondary N) is 1. The van der Waals surface area contributed by atoms with Crippen molar-refractivity contribution < 1.29 is 17.6 Å². The first kappa shape index (κ1) is 18.7. The van der Waals surface area contributed by atoms with Crippen molar-refractivity contribution in [2.45, 2.75) is 43.9 Å². The monoisotopic (exact) mass is 391 g/mol. The number of pyridine rings is 1. The fraction of sp³-hybridized carbons (Fsp3) is 0.400. The molecule has 28 heavy (non-hydrogen) atoms. The molecule has 0 unspecified atom stereocenters. The molecule has 0 spiro atoms. The molecule has 1 aromatic carbocycles. The van der Waals surface area contributed by atoms with Gasteiger partial charge in [-0.2, -0.15) is 13.2 Å². The van der Waals surface area contributed by atoms with E-state index in [0.29, 0.717) is 36.3 Å². The number of nitrogens with zero attached hydrogens (tertiary/aromatic N) is 2. The van der Waals surface area contributed by atoms with Gasteiger partial charge in [0.1, 0.15) is 0 Å². The number of hydrogen-bond acceptors (Lipinski definition) is 4. The SMILES string of the molecule is O=c1oc2cccnc2n1CCN[C@@H]1CCC[C@H]1c1ccccc1C(F)(F)F. The molecule has 0 aliphatic heterocycles. The molecular weight excluding hydrogens is 371 g/mol. The number of aromatic nitrogens is 2. The van der Waals surface area contributed by atoms with Crippen LogP contribution >= 0.6 is 0 Å². The van der Waals surface area contributed by atoms with Crippen molar-refractivity contribution in [3.63, 3.8) is 0 Å². The highest BCUT2D eigenvalue weighted by atomic mass is 19.4. The minimum absolute atomic E-state index is 0.0645. The summed E-state index contributed by atoms with van der Waals surface area (Å²) in [5.41, 5.74) is 0.678. The maximum Gasteiger partial charge on any atom is 0.421 e. The molecule has 1 N–H and O–H groups in total. The van der Waals surface area contributed by atoms with Crippen molar-refractivity contribution in [2.24, 2.45) is 0 Å². The van der Waals surface area contributed by atoms with E-state index in [-0.39, 0.29) is 12.0 Å². The largest absolute Gasteiger partial charge is 0.421 e. The van der Waals surface area contributed by atoms with Gasteiger partial charge in [0.2, 0.25) is 0 Å². The summed E-state index contributed by atoms with van der Waals surface area (Å²) in [6.07, 6.45) is -0.400. The van der Waals surface area contributed by atoms with Gasteiger partial charge in [-0.25, -0.2) is 9.78 Å². The summed E-state index contributed by atoms with van der Waals surface area (Å²) in [5, 5.41) is 3.34. The zero-order valence-corrected chi connectivity index (χ0v) is 15.1. The lowest BCUT2D eigenvalue weighted by atomic mass is 9.90. The first-order chi connectivity index (χ1) is 13.4. The van der Waals surface area contributed by atoms with E-state index in [0.717, 1.165) is 18.9 Å². The van der Waals surface area contributed by atoms with Crippen molar-refractivity contribution in [2.75, 3.05) is 6.54 Å². The lowest BCUT2D eigenvalue weighted by Crippen LogP contribution is -2.35. The van der Waals surface area contributed by atoms with Crippen molar-refractivity contribution in [3.05, 3.63) is 64.3 Å². The summed E-state index contributed by atoms with van der Waals surface area (Å²) >= 11 is 0. The molecule has 0 bridgehead atoms. The highest BCUT2D eigenvalue weighted by Crippen LogP contribution is 2.41. The van der Waals surface area contributed by atoms with Gasteiger partial charge in [-0.15, -0.1) is 0 Å².